The fourth-order valence-electron chi connectivity index (χ4n) is 3.47. The number of sulfonamides is 1. The van der Waals surface area contributed by atoms with Crippen LogP contribution in [0.5, 0.6) is 11.5 Å². The van der Waals surface area contributed by atoms with E-state index in [0.717, 1.165) is 9.87 Å². The Balaban J connectivity index is 1.76. The first kappa shape index (κ1) is 23.9. The third-order valence-corrected chi connectivity index (χ3v) is 7.20. The smallest absolute Gasteiger partial charge is 0.241 e. The van der Waals surface area contributed by atoms with E-state index in [1.54, 1.807) is 25.1 Å². The third kappa shape index (κ3) is 5.54. The summed E-state index contributed by atoms with van der Waals surface area (Å²) in [5, 5.41) is 2.91. The van der Waals surface area contributed by atoms with E-state index < -0.39 is 10.0 Å². The summed E-state index contributed by atoms with van der Waals surface area (Å²) in [5.41, 5.74) is 2.58. The van der Waals surface area contributed by atoms with Crippen LogP contribution in [-0.4, -0.2) is 39.8 Å². The molecule has 1 N–H and O–H groups in total. The summed E-state index contributed by atoms with van der Waals surface area (Å²) in [7, 11) is -3.68. The highest BCUT2D eigenvalue weighted by Crippen LogP contribution is 2.35. The van der Waals surface area contributed by atoms with Crippen molar-refractivity contribution in [2.24, 2.45) is 0 Å². The fraction of sp³-hybridized carbons (Fsp3) is 0.458. The molecule has 1 amide bonds. The largest absolute Gasteiger partial charge is 0.486 e. The number of carbonyl (C=O) groups excluding carboxylic acids is 1. The molecule has 7 nitrogen and oxygen atoms in total. The number of ether oxygens (including phenoxy) is 2. The Labute approximate surface area is 190 Å². The van der Waals surface area contributed by atoms with Crippen molar-refractivity contribution in [1.82, 2.24) is 5.32 Å². The van der Waals surface area contributed by atoms with Gasteiger partial charge in [-0.3, -0.25) is 9.10 Å². The van der Waals surface area contributed by atoms with Crippen LogP contribution in [0.15, 0.2) is 42.5 Å². The highest BCUT2D eigenvalue weighted by molar-refractivity contribution is 7.92. The van der Waals surface area contributed by atoms with E-state index >= 15 is 0 Å². The lowest BCUT2D eigenvalue weighted by atomic mass is 9.86. The third-order valence-electron chi connectivity index (χ3n) is 5.46. The van der Waals surface area contributed by atoms with Gasteiger partial charge in [-0.25, -0.2) is 8.42 Å². The number of rotatable bonds is 7. The van der Waals surface area contributed by atoms with E-state index in [-0.39, 0.29) is 29.7 Å². The van der Waals surface area contributed by atoms with Gasteiger partial charge < -0.3 is 14.8 Å². The molecule has 1 atom stereocenters. The molecule has 0 unspecified atom stereocenters. The van der Waals surface area contributed by atoms with Crippen LogP contribution in [0.1, 0.15) is 51.8 Å². The van der Waals surface area contributed by atoms with Crippen LogP contribution >= 0.6 is 0 Å². The van der Waals surface area contributed by atoms with Gasteiger partial charge in [0.05, 0.1) is 17.5 Å². The molecule has 0 fully saturated rings. The molecular weight excluding hydrogens is 428 g/mol. The van der Waals surface area contributed by atoms with E-state index in [9.17, 15) is 13.2 Å². The van der Waals surface area contributed by atoms with Crippen molar-refractivity contribution in [2.75, 3.05) is 29.8 Å². The molecule has 0 spiro atoms. The molecule has 0 radical (unpaired) electrons. The number of nitrogens with zero attached hydrogens (tertiary/aromatic N) is 1. The van der Waals surface area contributed by atoms with Gasteiger partial charge in [-0.2, -0.15) is 0 Å². The second-order valence-corrected chi connectivity index (χ2v) is 11.1. The zero-order chi connectivity index (χ0) is 23.5. The second-order valence-electron chi connectivity index (χ2n) is 8.90. The summed E-state index contributed by atoms with van der Waals surface area (Å²) < 4.78 is 37.7. The maximum Gasteiger partial charge on any atom is 0.241 e. The minimum absolute atomic E-state index is 0.0453. The molecule has 2 aromatic rings. The Morgan fingerprint density at radius 2 is 1.69 bits per heavy atom. The number of hydrogen-bond acceptors (Lipinski definition) is 5. The highest BCUT2D eigenvalue weighted by atomic mass is 32.2. The zero-order valence-corrected chi connectivity index (χ0v) is 20.2. The zero-order valence-electron chi connectivity index (χ0n) is 19.3. The van der Waals surface area contributed by atoms with Crippen molar-refractivity contribution in [2.45, 2.75) is 46.1 Å². The van der Waals surface area contributed by atoms with Gasteiger partial charge in [0.1, 0.15) is 19.8 Å². The molecule has 0 aromatic heterocycles. The summed E-state index contributed by atoms with van der Waals surface area (Å²) in [5.74, 6) is 0.520. The molecular formula is C24H32N2O5S. The normalized spacial score (nSPS) is 14.5. The maximum atomic E-state index is 12.8. The Hall–Kier alpha value is -2.74. The first-order chi connectivity index (χ1) is 15.0. The predicted octanol–water partition coefficient (Wildman–Crippen LogP) is 3.79. The number of fused-ring (bicyclic) bond motifs is 1. The van der Waals surface area contributed by atoms with Crippen molar-refractivity contribution in [3.05, 3.63) is 53.6 Å². The maximum absolute atomic E-state index is 12.8. The molecule has 0 bridgehead atoms. The van der Waals surface area contributed by atoms with Gasteiger partial charge in [0.15, 0.2) is 11.5 Å². The van der Waals surface area contributed by atoms with E-state index in [2.05, 4.69) is 38.2 Å². The number of benzene rings is 2. The van der Waals surface area contributed by atoms with Crippen LogP contribution in [0.4, 0.5) is 5.69 Å². The monoisotopic (exact) mass is 460 g/mol. The van der Waals surface area contributed by atoms with Crippen LogP contribution < -0.4 is 19.1 Å². The lowest BCUT2D eigenvalue weighted by Gasteiger charge is -2.26. The first-order valence-electron chi connectivity index (χ1n) is 10.8. The standard InChI is InChI=1S/C24H32N2O5S/c1-6-32(28,29)26(20-11-12-21-22(15-20)31-14-13-30-21)16-23(27)25-17(2)18-7-9-19(10-8-18)24(3,4)5/h7-12,15,17H,6,13-14,16H2,1-5H3,(H,25,27)/t17-/m0/s1. The Kier molecular flexibility index (Phi) is 7.03. The van der Waals surface area contributed by atoms with Gasteiger partial charge in [-0.05, 0) is 42.5 Å². The lowest BCUT2D eigenvalue weighted by molar-refractivity contribution is -0.120. The van der Waals surface area contributed by atoms with Gasteiger partial charge >= 0.3 is 0 Å². The van der Waals surface area contributed by atoms with E-state index in [1.807, 2.05) is 19.1 Å². The predicted molar refractivity (Wildman–Crippen MR) is 126 cm³/mol. The Morgan fingerprint density at radius 3 is 2.28 bits per heavy atom. The number of amides is 1. The van der Waals surface area contributed by atoms with Gasteiger partial charge in [0.2, 0.25) is 15.9 Å². The summed E-state index contributed by atoms with van der Waals surface area (Å²) in [6, 6.07) is 12.7. The molecule has 32 heavy (non-hydrogen) atoms. The molecule has 0 saturated carbocycles. The minimum atomic E-state index is -3.68. The molecule has 1 aliphatic rings. The van der Waals surface area contributed by atoms with Crippen molar-refractivity contribution in [1.29, 1.82) is 0 Å². The van der Waals surface area contributed by atoms with Crippen LogP contribution in [-0.2, 0) is 20.2 Å². The van der Waals surface area contributed by atoms with E-state index in [1.165, 1.54) is 5.56 Å². The van der Waals surface area contributed by atoms with Gasteiger partial charge in [0.25, 0.3) is 0 Å². The Morgan fingerprint density at radius 1 is 1.06 bits per heavy atom. The molecule has 2 aromatic carbocycles. The number of hydrogen-bond donors (Lipinski definition) is 1. The van der Waals surface area contributed by atoms with Crippen molar-refractivity contribution in [3.8, 4) is 11.5 Å². The molecule has 1 heterocycles. The van der Waals surface area contributed by atoms with E-state index in [0.29, 0.717) is 30.4 Å². The molecule has 3 rings (SSSR count). The van der Waals surface area contributed by atoms with Crippen LogP contribution in [0.2, 0.25) is 0 Å². The van der Waals surface area contributed by atoms with Crippen LogP contribution in [0.3, 0.4) is 0 Å². The number of anilines is 1. The SMILES string of the molecule is CCS(=O)(=O)N(CC(=O)N[C@@H](C)c1ccc(C(C)(C)C)cc1)c1ccc2c(c1)OCCO2. The minimum Gasteiger partial charge on any atom is -0.486 e. The Bertz CT molecular complexity index is 1060. The van der Waals surface area contributed by atoms with Gasteiger partial charge in [-0.1, -0.05) is 45.0 Å². The first-order valence-corrected chi connectivity index (χ1v) is 12.4. The average Bonchev–Trinajstić information content (AvgIpc) is 2.76. The highest BCUT2D eigenvalue weighted by Gasteiger charge is 2.26. The van der Waals surface area contributed by atoms with Crippen LogP contribution in [0, 0.1) is 0 Å². The molecule has 1 aliphatic heterocycles. The summed E-state index contributed by atoms with van der Waals surface area (Å²) in [4.78, 5) is 12.8. The van der Waals surface area contributed by atoms with Gasteiger partial charge in [-0.15, -0.1) is 0 Å². The molecule has 0 saturated heterocycles. The van der Waals surface area contributed by atoms with Crippen LogP contribution in [0.25, 0.3) is 0 Å². The van der Waals surface area contributed by atoms with E-state index in [4.69, 9.17) is 9.47 Å². The molecule has 174 valence electrons. The second kappa shape index (κ2) is 9.40. The van der Waals surface area contributed by atoms with Gasteiger partial charge in [0, 0.05) is 6.07 Å². The van der Waals surface area contributed by atoms with Crippen molar-refractivity contribution >= 4 is 21.6 Å². The summed E-state index contributed by atoms with van der Waals surface area (Å²) in [6.07, 6.45) is 0. The average molecular weight is 461 g/mol. The molecule has 0 aliphatic carbocycles. The summed E-state index contributed by atoms with van der Waals surface area (Å²) in [6.45, 7) is 10.4. The number of carbonyl (C=O) groups is 1. The topological polar surface area (TPSA) is 84.9 Å². The summed E-state index contributed by atoms with van der Waals surface area (Å²) >= 11 is 0. The lowest BCUT2D eigenvalue weighted by Crippen LogP contribution is -2.42. The number of nitrogens with one attached hydrogen (secondary N) is 1. The fourth-order valence-corrected chi connectivity index (χ4v) is 4.53. The van der Waals surface area contributed by atoms with Crippen molar-refractivity contribution in [3.63, 3.8) is 0 Å². The quantitative estimate of drug-likeness (QED) is 0.680. The van der Waals surface area contributed by atoms with Crippen molar-refractivity contribution < 1.29 is 22.7 Å². The molecule has 8 heteroatoms.